The third-order valence-corrected chi connectivity index (χ3v) is 3.07. The molecule has 0 unspecified atom stereocenters. The van der Waals surface area contributed by atoms with E-state index in [2.05, 4.69) is 36.4 Å². The topological polar surface area (TPSA) is 38.9 Å². The van der Waals surface area contributed by atoms with Crippen LogP contribution in [0, 0.1) is 13.8 Å². The van der Waals surface area contributed by atoms with Gasteiger partial charge in [0.1, 0.15) is 0 Å². The maximum Gasteiger partial charge on any atom is 0.0782 e. The van der Waals surface area contributed by atoms with Gasteiger partial charge >= 0.3 is 0 Å². The van der Waals surface area contributed by atoms with Crippen molar-refractivity contribution < 1.29 is 0 Å². The van der Waals surface area contributed by atoms with Gasteiger partial charge in [0.15, 0.2) is 0 Å². The molecule has 0 aliphatic carbocycles. The van der Waals surface area contributed by atoms with Crippen molar-refractivity contribution in [2.45, 2.75) is 13.8 Å². The number of nitrogens with zero attached hydrogens (tertiary/aromatic N) is 1. The fourth-order valence-electron chi connectivity index (χ4n) is 1.52. The highest BCUT2D eigenvalue weighted by Gasteiger charge is 2.07. The van der Waals surface area contributed by atoms with E-state index in [4.69, 9.17) is 5.73 Å². The van der Waals surface area contributed by atoms with Crippen molar-refractivity contribution in [3.8, 4) is 10.4 Å². The largest absolute Gasteiger partial charge is 0.396 e. The molecule has 72 valence electrons. The molecular formula is C11H12N2S. The van der Waals surface area contributed by atoms with Crippen molar-refractivity contribution >= 4 is 17.2 Å². The quantitative estimate of drug-likeness (QED) is 0.775. The Bertz CT molecular complexity index is 460. The zero-order chi connectivity index (χ0) is 10.1. The third-order valence-electron chi connectivity index (χ3n) is 2.22. The van der Waals surface area contributed by atoms with Crippen LogP contribution in [0.3, 0.4) is 0 Å². The fourth-order valence-corrected chi connectivity index (χ4v) is 2.28. The number of nitrogen functional groups attached to an aromatic ring is 1. The van der Waals surface area contributed by atoms with Crippen molar-refractivity contribution in [3.63, 3.8) is 0 Å². The van der Waals surface area contributed by atoms with Gasteiger partial charge in [0.2, 0.25) is 0 Å². The number of aromatic nitrogens is 1. The van der Waals surface area contributed by atoms with Gasteiger partial charge in [-0.2, -0.15) is 4.37 Å². The van der Waals surface area contributed by atoms with Crippen LogP contribution in [0.15, 0.2) is 24.4 Å². The van der Waals surface area contributed by atoms with Crippen LogP contribution in [0.25, 0.3) is 10.4 Å². The van der Waals surface area contributed by atoms with E-state index < -0.39 is 0 Å². The molecule has 1 aromatic heterocycles. The van der Waals surface area contributed by atoms with E-state index in [1.807, 2.05) is 0 Å². The summed E-state index contributed by atoms with van der Waals surface area (Å²) in [4.78, 5) is 1.07. The smallest absolute Gasteiger partial charge is 0.0782 e. The van der Waals surface area contributed by atoms with Gasteiger partial charge in [-0.25, -0.2) is 0 Å². The zero-order valence-corrected chi connectivity index (χ0v) is 9.06. The second-order valence-electron chi connectivity index (χ2n) is 3.43. The first kappa shape index (κ1) is 9.21. The molecule has 0 bridgehead atoms. The molecule has 0 radical (unpaired) electrons. The van der Waals surface area contributed by atoms with Crippen molar-refractivity contribution in [3.05, 3.63) is 35.5 Å². The van der Waals surface area contributed by atoms with Gasteiger partial charge in [-0.3, -0.25) is 0 Å². The maximum atomic E-state index is 5.83. The van der Waals surface area contributed by atoms with Gasteiger partial charge in [0, 0.05) is 0 Å². The minimum absolute atomic E-state index is 0.766. The Morgan fingerprint density at radius 3 is 2.64 bits per heavy atom. The van der Waals surface area contributed by atoms with Gasteiger partial charge in [0.25, 0.3) is 0 Å². The molecule has 0 atom stereocenters. The molecule has 2 rings (SSSR count). The normalized spacial score (nSPS) is 10.4. The number of hydrogen-bond donors (Lipinski definition) is 1. The van der Waals surface area contributed by atoms with Gasteiger partial charge in [0.05, 0.1) is 16.8 Å². The van der Waals surface area contributed by atoms with E-state index in [1.54, 1.807) is 6.20 Å². The third kappa shape index (κ3) is 1.51. The summed E-state index contributed by atoms with van der Waals surface area (Å²) in [6.07, 6.45) is 1.71. The van der Waals surface area contributed by atoms with E-state index in [0.29, 0.717) is 0 Å². The molecule has 1 heterocycles. The minimum atomic E-state index is 0.766. The SMILES string of the molecule is Cc1ccc(-c2sncc2N)c(C)c1. The Morgan fingerprint density at radius 2 is 2.07 bits per heavy atom. The van der Waals surface area contributed by atoms with Gasteiger partial charge in [-0.1, -0.05) is 23.8 Å². The predicted molar refractivity (Wildman–Crippen MR) is 61.4 cm³/mol. The lowest BCUT2D eigenvalue weighted by atomic mass is 10.0. The molecule has 0 fully saturated rings. The molecule has 0 spiro atoms. The maximum absolute atomic E-state index is 5.83. The van der Waals surface area contributed by atoms with Crippen LogP contribution < -0.4 is 5.73 Å². The molecule has 0 amide bonds. The van der Waals surface area contributed by atoms with Crippen LogP contribution in [0.4, 0.5) is 5.69 Å². The molecule has 2 nitrogen and oxygen atoms in total. The fraction of sp³-hybridized carbons (Fsp3) is 0.182. The highest BCUT2D eigenvalue weighted by molar-refractivity contribution is 7.10. The summed E-state index contributed by atoms with van der Waals surface area (Å²) in [5.74, 6) is 0. The molecule has 2 N–H and O–H groups in total. The Hall–Kier alpha value is -1.35. The Balaban J connectivity index is 2.58. The molecule has 3 heteroatoms. The standard InChI is InChI=1S/C11H12N2S/c1-7-3-4-9(8(2)5-7)11-10(12)6-13-14-11/h3-6H,12H2,1-2H3. The van der Waals surface area contributed by atoms with E-state index in [9.17, 15) is 0 Å². The molecule has 14 heavy (non-hydrogen) atoms. The average molecular weight is 204 g/mol. The van der Waals surface area contributed by atoms with Crippen molar-refractivity contribution in [1.82, 2.24) is 4.37 Å². The van der Waals surface area contributed by atoms with Crippen molar-refractivity contribution in [1.29, 1.82) is 0 Å². The van der Waals surface area contributed by atoms with E-state index >= 15 is 0 Å². The molecule has 0 aliphatic rings. The van der Waals surface area contributed by atoms with E-state index in [1.165, 1.54) is 28.2 Å². The van der Waals surface area contributed by atoms with Gasteiger partial charge in [-0.15, -0.1) is 0 Å². The van der Waals surface area contributed by atoms with Gasteiger partial charge in [-0.05, 0) is 36.5 Å². The first-order chi connectivity index (χ1) is 6.68. The Morgan fingerprint density at radius 1 is 1.29 bits per heavy atom. The minimum Gasteiger partial charge on any atom is -0.396 e. The second kappa shape index (κ2) is 3.42. The average Bonchev–Trinajstić information content (AvgIpc) is 2.52. The number of rotatable bonds is 1. The first-order valence-electron chi connectivity index (χ1n) is 4.46. The number of benzene rings is 1. The molecule has 0 aliphatic heterocycles. The van der Waals surface area contributed by atoms with Crippen molar-refractivity contribution in [2.24, 2.45) is 0 Å². The molecule has 0 saturated heterocycles. The summed E-state index contributed by atoms with van der Waals surface area (Å²) in [5, 5.41) is 0. The summed E-state index contributed by atoms with van der Waals surface area (Å²) < 4.78 is 4.08. The second-order valence-corrected chi connectivity index (χ2v) is 4.23. The van der Waals surface area contributed by atoms with E-state index in [0.717, 1.165) is 10.6 Å². The summed E-state index contributed by atoms with van der Waals surface area (Å²) in [5.41, 5.74) is 10.3. The van der Waals surface area contributed by atoms with Gasteiger partial charge < -0.3 is 5.73 Å². The summed E-state index contributed by atoms with van der Waals surface area (Å²) in [6.45, 7) is 4.19. The van der Waals surface area contributed by atoms with Crippen LogP contribution in [-0.4, -0.2) is 4.37 Å². The van der Waals surface area contributed by atoms with Crippen LogP contribution in [0.1, 0.15) is 11.1 Å². The van der Waals surface area contributed by atoms with Crippen LogP contribution in [0.5, 0.6) is 0 Å². The Kier molecular flexibility index (Phi) is 2.25. The summed E-state index contributed by atoms with van der Waals surface area (Å²) in [6, 6.07) is 6.37. The highest BCUT2D eigenvalue weighted by Crippen LogP contribution is 2.32. The molecule has 0 saturated carbocycles. The van der Waals surface area contributed by atoms with E-state index in [-0.39, 0.29) is 0 Å². The predicted octanol–water partition coefficient (Wildman–Crippen LogP) is 3.01. The lowest BCUT2D eigenvalue weighted by Crippen LogP contribution is -1.87. The van der Waals surface area contributed by atoms with Crippen LogP contribution >= 0.6 is 11.5 Å². The van der Waals surface area contributed by atoms with Crippen molar-refractivity contribution in [2.75, 3.05) is 5.73 Å². The number of hydrogen-bond acceptors (Lipinski definition) is 3. The lowest BCUT2D eigenvalue weighted by molar-refractivity contribution is 1.39. The monoisotopic (exact) mass is 204 g/mol. The molecule has 2 aromatic rings. The number of nitrogens with two attached hydrogens (primary N) is 1. The van der Waals surface area contributed by atoms with Crippen LogP contribution in [-0.2, 0) is 0 Å². The number of anilines is 1. The molecular weight excluding hydrogens is 192 g/mol. The zero-order valence-electron chi connectivity index (χ0n) is 8.24. The Labute approximate surface area is 87.6 Å². The van der Waals surface area contributed by atoms with Crippen LogP contribution in [0.2, 0.25) is 0 Å². The molecule has 1 aromatic carbocycles. The first-order valence-corrected chi connectivity index (χ1v) is 5.23. The lowest BCUT2D eigenvalue weighted by Gasteiger charge is -2.04. The highest BCUT2D eigenvalue weighted by atomic mass is 32.1. The number of aryl methyl sites for hydroxylation is 2. The summed E-state index contributed by atoms with van der Waals surface area (Å²) >= 11 is 1.45. The summed E-state index contributed by atoms with van der Waals surface area (Å²) in [7, 11) is 0.